The second-order valence-corrected chi connectivity index (χ2v) is 10.3. The molecule has 1 aliphatic heterocycles. The number of ether oxygens (including phenoxy) is 2. The van der Waals surface area contributed by atoms with Crippen molar-refractivity contribution < 1.29 is 33.6 Å². The van der Waals surface area contributed by atoms with Gasteiger partial charge in [0.15, 0.2) is 6.61 Å². The molecule has 198 valence electrons. The Hall–Kier alpha value is -3.70. The predicted octanol–water partition coefficient (Wildman–Crippen LogP) is 3.37. The number of imide groups is 1. The number of methoxy groups -OCH3 is 1. The summed E-state index contributed by atoms with van der Waals surface area (Å²) in [5.74, 6) is -3.25. The number of carbonyl (C=O) groups excluding carboxylic acids is 4. The Kier molecular flexibility index (Phi) is 6.74. The molecule has 2 bridgehead atoms. The van der Waals surface area contributed by atoms with Crippen LogP contribution in [0.4, 0.5) is 17.1 Å². The van der Waals surface area contributed by atoms with Crippen molar-refractivity contribution in [3.63, 3.8) is 0 Å². The lowest BCUT2D eigenvalue weighted by Crippen LogP contribution is -2.37. The maximum atomic E-state index is 13.1. The topological polar surface area (TPSA) is 145 Å². The first-order chi connectivity index (χ1) is 18.1. The molecule has 5 rings (SSSR count). The summed E-state index contributed by atoms with van der Waals surface area (Å²) in [5.41, 5.74) is -0.0770. The van der Waals surface area contributed by atoms with E-state index < -0.39 is 35.2 Å². The van der Waals surface area contributed by atoms with Crippen molar-refractivity contribution >= 4 is 64.0 Å². The Balaban J connectivity index is 1.22. The third-order valence-corrected chi connectivity index (χ3v) is 8.68. The molecule has 0 spiro atoms. The van der Waals surface area contributed by atoms with Crippen LogP contribution >= 0.6 is 23.2 Å². The number of hydrogen-bond donors (Lipinski definition) is 1. The SMILES string of the molecule is COc1ccc([N+](=O)[O-])c(NC(=O)COC(=O)c2ccc(N3C(=O)[C@@H]4[C@H]5C[C@@H]([C@H](Cl)[C@H]5Cl)[C@@H]4C3=O)cc2)c1. The van der Waals surface area contributed by atoms with Crippen LogP contribution in [0.25, 0.3) is 0 Å². The lowest BCUT2D eigenvalue weighted by molar-refractivity contribution is -0.383. The maximum absolute atomic E-state index is 13.1. The first-order valence-corrected chi connectivity index (χ1v) is 12.5. The first kappa shape index (κ1) is 25.9. The zero-order valence-electron chi connectivity index (χ0n) is 19.8. The number of rotatable bonds is 7. The van der Waals surface area contributed by atoms with E-state index in [0.29, 0.717) is 17.9 Å². The number of benzene rings is 2. The van der Waals surface area contributed by atoms with Gasteiger partial charge in [0.05, 0.1) is 45.9 Å². The average molecular weight is 562 g/mol. The molecule has 3 amide bonds. The zero-order valence-corrected chi connectivity index (χ0v) is 21.3. The second-order valence-electron chi connectivity index (χ2n) is 9.33. The highest BCUT2D eigenvalue weighted by Gasteiger charge is 2.66. The smallest absolute Gasteiger partial charge is 0.338 e. The molecular formula is C25H21Cl2N3O8. The highest BCUT2D eigenvalue weighted by atomic mass is 35.5. The average Bonchev–Trinajstić information content (AvgIpc) is 3.51. The molecule has 1 heterocycles. The lowest BCUT2D eigenvalue weighted by atomic mass is 9.80. The summed E-state index contributed by atoms with van der Waals surface area (Å²) in [6.07, 6.45) is 0.659. The monoisotopic (exact) mass is 561 g/mol. The van der Waals surface area contributed by atoms with Gasteiger partial charge in [0.25, 0.3) is 11.6 Å². The summed E-state index contributed by atoms with van der Waals surface area (Å²) in [4.78, 5) is 62.6. The van der Waals surface area contributed by atoms with Gasteiger partial charge in [0, 0.05) is 12.1 Å². The number of halogens is 2. The molecule has 0 unspecified atom stereocenters. The molecular weight excluding hydrogens is 541 g/mol. The number of anilines is 2. The molecule has 38 heavy (non-hydrogen) atoms. The Morgan fingerprint density at radius 2 is 1.66 bits per heavy atom. The van der Waals surface area contributed by atoms with Crippen molar-refractivity contribution in [3.8, 4) is 5.75 Å². The fourth-order valence-corrected chi connectivity index (χ4v) is 6.54. The molecule has 2 aromatic carbocycles. The number of amides is 3. The van der Waals surface area contributed by atoms with Crippen molar-refractivity contribution in [1.29, 1.82) is 0 Å². The summed E-state index contributed by atoms with van der Waals surface area (Å²) in [7, 11) is 1.37. The molecule has 6 atom stereocenters. The minimum atomic E-state index is -0.837. The van der Waals surface area contributed by atoms with Gasteiger partial charge in [-0.2, -0.15) is 0 Å². The second kappa shape index (κ2) is 9.88. The van der Waals surface area contributed by atoms with Crippen molar-refractivity contribution in [2.24, 2.45) is 23.7 Å². The van der Waals surface area contributed by atoms with Crippen molar-refractivity contribution in [3.05, 3.63) is 58.1 Å². The summed E-state index contributed by atoms with van der Waals surface area (Å²) < 4.78 is 10.0. The van der Waals surface area contributed by atoms with Crippen LogP contribution in [0.5, 0.6) is 5.75 Å². The molecule has 2 saturated carbocycles. The van der Waals surface area contributed by atoms with Crippen LogP contribution in [0.15, 0.2) is 42.5 Å². The molecule has 0 radical (unpaired) electrons. The molecule has 2 aromatic rings. The fourth-order valence-electron chi connectivity index (χ4n) is 5.65. The lowest BCUT2D eigenvalue weighted by Gasteiger charge is -2.28. The number of hydrogen-bond acceptors (Lipinski definition) is 8. The molecule has 3 fully saturated rings. The van der Waals surface area contributed by atoms with Gasteiger partial charge in [-0.15, -0.1) is 23.2 Å². The summed E-state index contributed by atoms with van der Waals surface area (Å²) in [5, 5.41) is 12.8. The number of carbonyl (C=O) groups is 4. The van der Waals surface area contributed by atoms with Crippen LogP contribution in [0.3, 0.4) is 0 Å². The van der Waals surface area contributed by atoms with Crippen molar-refractivity contribution in [2.45, 2.75) is 17.2 Å². The number of alkyl halides is 2. The predicted molar refractivity (Wildman–Crippen MR) is 135 cm³/mol. The van der Waals surface area contributed by atoms with Gasteiger partial charge in [0.1, 0.15) is 11.4 Å². The van der Waals surface area contributed by atoms with Gasteiger partial charge in [-0.25, -0.2) is 4.79 Å². The molecule has 3 aliphatic rings. The minimum absolute atomic E-state index is 0.0786. The third kappa shape index (κ3) is 4.25. The minimum Gasteiger partial charge on any atom is -0.497 e. The van der Waals surface area contributed by atoms with E-state index in [1.165, 1.54) is 49.6 Å². The molecule has 1 N–H and O–H groups in total. The van der Waals surface area contributed by atoms with Crippen molar-refractivity contribution in [1.82, 2.24) is 0 Å². The number of nitro groups is 1. The van der Waals surface area contributed by atoms with Crippen LogP contribution in [0, 0.1) is 33.8 Å². The van der Waals surface area contributed by atoms with Gasteiger partial charge in [0.2, 0.25) is 11.8 Å². The van der Waals surface area contributed by atoms with Gasteiger partial charge < -0.3 is 14.8 Å². The van der Waals surface area contributed by atoms with E-state index >= 15 is 0 Å². The van der Waals surface area contributed by atoms with E-state index in [9.17, 15) is 29.3 Å². The van der Waals surface area contributed by atoms with Crippen LogP contribution in [0.2, 0.25) is 0 Å². The zero-order chi connectivity index (χ0) is 27.3. The van der Waals surface area contributed by atoms with Gasteiger partial charge in [-0.3, -0.25) is 29.4 Å². The normalized spacial score (nSPS) is 27.3. The van der Waals surface area contributed by atoms with E-state index in [0.717, 1.165) is 4.90 Å². The highest BCUT2D eigenvalue weighted by Crippen LogP contribution is 2.59. The highest BCUT2D eigenvalue weighted by molar-refractivity contribution is 6.32. The van der Waals surface area contributed by atoms with Gasteiger partial charge in [-0.1, -0.05) is 0 Å². The van der Waals surface area contributed by atoms with E-state index in [1.54, 1.807) is 0 Å². The molecule has 13 heteroatoms. The number of nitro benzene ring substituents is 1. The summed E-state index contributed by atoms with van der Waals surface area (Å²) in [6, 6.07) is 9.48. The largest absolute Gasteiger partial charge is 0.497 e. The molecule has 11 nitrogen and oxygen atoms in total. The van der Waals surface area contributed by atoms with Gasteiger partial charge in [-0.05, 0) is 48.6 Å². The summed E-state index contributed by atoms with van der Waals surface area (Å²) >= 11 is 12.8. The Bertz CT molecular complexity index is 1320. The number of nitrogens with one attached hydrogen (secondary N) is 1. The van der Waals surface area contributed by atoms with E-state index in [-0.39, 0.29) is 51.3 Å². The Morgan fingerprint density at radius 1 is 1.05 bits per heavy atom. The molecule has 0 aromatic heterocycles. The van der Waals surface area contributed by atoms with Crippen LogP contribution < -0.4 is 15.0 Å². The Labute approximate surface area is 226 Å². The van der Waals surface area contributed by atoms with Gasteiger partial charge >= 0.3 is 5.97 Å². The van der Waals surface area contributed by atoms with E-state index in [1.807, 2.05) is 0 Å². The molecule has 2 aliphatic carbocycles. The van der Waals surface area contributed by atoms with Crippen LogP contribution in [-0.4, -0.2) is 53.1 Å². The van der Waals surface area contributed by atoms with Crippen LogP contribution in [-0.2, 0) is 19.1 Å². The number of esters is 1. The standard InChI is InChI=1S/C25H21Cl2N3O8/c1-37-13-6-7-17(30(35)36)16(8-13)28-18(31)10-38-25(34)11-2-4-12(5-3-11)29-23(32)19-14-9-15(20(19)24(29)33)22(27)21(14)26/h2-8,14-15,19-22H,9-10H2,1H3,(H,28,31)/t14-,15-,19-,20+,21+,22+/m1/s1. The van der Waals surface area contributed by atoms with E-state index in [4.69, 9.17) is 32.7 Å². The fraction of sp³-hybridized carbons (Fsp3) is 0.360. The van der Waals surface area contributed by atoms with E-state index in [2.05, 4.69) is 5.32 Å². The van der Waals surface area contributed by atoms with Crippen molar-refractivity contribution in [2.75, 3.05) is 23.9 Å². The Morgan fingerprint density at radius 3 is 2.21 bits per heavy atom. The third-order valence-electron chi connectivity index (χ3n) is 7.36. The number of nitrogens with zero attached hydrogens (tertiary/aromatic N) is 2. The number of fused-ring (bicyclic) bond motifs is 5. The molecule has 1 saturated heterocycles. The summed E-state index contributed by atoms with van der Waals surface area (Å²) in [6.45, 7) is -0.705. The van der Waals surface area contributed by atoms with Crippen LogP contribution in [0.1, 0.15) is 16.8 Å². The first-order valence-electron chi connectivity index (χ1n) is 11.7. The quantitative estimate of drug-likeness (QED) is 0.178. The maximum Gasteiger partial charge on any atom is 0.338 e.